The molecule has 6 heteroatoms. The molecule has 0 aromatic heterocycles. The van der Waals surface area contributed by atoms with Crippen LogP contribution >= 0.6 is 0 Å². The van der Waals surface area contributed by atoms with Crippen LogP contribution in [0.15, 0.2) is 48.6 Å². The van der Waals surface area contributed by atoms with Crippen LogP contribution in [0.2, 0.25) is 0 Å². The Hall–Kier alpha value is -2.18. The number of hydrogen-bond donors (Lipinski definition) is 2. The molecule has 0 bridgehead atoms. The van der Waals surface area contributed by atoms with E-state index in [1.165, 1.54) is 25.7 Å². The standard InChI is InChI=1S/C35H60O6/c1-4-5-25-32(36)26-21-17-12-10-8-6-7-9-11-13-18-22-27-34(38)40-29-33(37)30-41-35(39)28-23-19-15-14-16-20-24-31(2)3/h6-7,10-13,21,26,31-33,36-37H,4-5,8-9,14-20,22-25,27-30H2,1-3H3/b7-6-,12-10-,13-11-,26-21-/t32-,33-/m0/s1. The summed E-state index contributed by atoms with van der Waals surface area (Å²) in [6.07, 6.45) is 30.9. The van der Waals surface area contributed by atoms with Crippen molar-refractivity contribution in [2.45, 2.75) is 142 Å². The molecular formula is C35H60O6. The minimum absolute atomic E-state index is 0.145. The van der Waals surface area contributed by atoms with E-state index >= 15 is 0 Å². The Balaban J connectivity index is 3.64. The van der Waals surface area contributed by atoms with Crippen LogP contribution in [0.4, 0.5) is 0 Å². The van der Waals surface area contributed by atoms with Gasteiger partial charge in [0.05, 0.1) is 6.10 Å². The fourth-order valence-corrected chi connectivity index (χ4v) is 4.04. The van der Waals surface area contributed by atoms with Crippen LogP contribution in [-0.2, 0) is 19.1 Å². The van der Waals surface area contributed by atoms with Crippen molar-refractivity contribution >= 4 is 11.9 Å². The number of esters is 2. The van der Waals surface area contributed by atoms with Gasteiger partial charge in [0.2, 0.25) is 0 Å². The molecule has 0 unspecified atom stereocenters. The molecule has 0 aromatic rings. The first-order valence-electron chi connectivity index (χ1n) is 16.1. The average Bonchev–Trinajstić information content (AvgIpc) is 2.95. The number of allylic oxidation sites excluding steroid dienone is 7. The van der Waals surface area contributed by atoms with Crippen LogP contribution in [0, 0.1) is 5.92 Å². The van der Waals surface area contributed by atoms with Gasteiger partial charge in [0.25, 0.3) is 0 Å². The van der Waals surface area contributed by atoms with Gasteiger partial charge >= 0.3 is 11.9 Å². The van der Waals surface area contributed by atoms with E-state index in [-0.39, 0.29) is 31.3 Å². The number of unbranched alkanes of at least 4 members (excludes halogenated alkanes) is 7. The maximum atomic E-state index is 11.9. The Labute approximate surface area is 251 Å². The molecule has 6 nitrogen and oxygen atoms in total. The highest BCUT2D eigenvalue weighted by Gasteiger charge is 2.12. The van der Waals surface area contributed by atoms with Gasteiger partial charge in [-0.1, -0.05) is 121 Å². The number of carbonyl (C=O) groups excluding carboxylic acids is 2. The number of rotatable bonds is 27. The predicted molar refractivity (Wildman–Crippen MR) is 169 cm³/mol. The molecule has 0 aliphatic heterocycles. The van der Waals surface area contributed by atoms with Gasteiger partial charge in [-0.25, -0.2) is 0 Å². The zero-order chi connectivity index (χ0) is 30.4. The molecule has 0 fully saturated rings. The minimum Gasteiger partial charge on any atom is -0.463 e. The van der Waals surface area contributed by atoms with Crippen molar-refractivity contribution in [2.75, 3.05) is 13.2 Å². The highest BCUT2D eigenvalue weighted by atomic mass is 16.6. The predicted octanol–water partition coefficient (Wildman–Crippen LogP) is 8.33. The van der Waals surface area contributed by atoms with Gasteiger partial charge in [-0.3, -0.25) is 9.59 Å². The monoisotopic (exact) mass is 576 g/mol. The summed E-state index contributed by atoms with van der Waals surface area (Å²) < 4.78 is 10.2. The van der Waals surface area contributed by atoms with Gasteiger partial charge in [-0.05, 0) is 50.9 Å². The second kappa shape index (κ2) is 29.3. The highest BCUT2D eigenvalue weighted by molar-refractivity contribution is 5.69. The van der Waals surface area contributed by atoms with E-state index in [1.54, 1.807) is 0 Å². The Bertz CT molecular complexity index is 737. The Morgan fingerprint density at radius 2 is 1.15 bits per heavy atom. The Kier molecular flexibility index (Phi) is 27.8. The SMILES string of the molecule is CCCC[C@H](O)/C=C\C/C=C\C/C=C\C/C=C\CCCC(=O)OC[C@H](O)COC(=O)CCCCCCCCC(C)C. The molecular weight excluding hydrogens is 516 g/mol. The van der Waals surface area contributed by atoms with Crippen LogP contribution in [-0.4, -0.2) is 47.6 Å². The number of ether oxygens (including phenoxy) is 2. The zero-order valence-corrected chi connectivity index (χ0v) is 26.3. The lowest BCUT2D eigenvalue weighted by Crippen LogP contribution is -2.25. The lowest BCUT2D eigenvalue weighted by atomic mass is 10.0. The second-order valence-corrected chi connectivity index (χ2v) is 11.2. The molecule has 0 radical (unpaired) electrons. The third-order valence-corrected chi connectivity index (χ3v) is 6.57. The summed E-state index contributed by atoms with van der Waals surface area (Å²) in [6, 6.07) is 0. The first-order chi connectivity index (χ1) is 19.8. The molecule has 0 aromatic carbocycles. The molecule has 0 spiro atoms. The molecule has 0 rings (SSSR count). The van der Waals surface area contributed by atoms with E-state index in [2.05, 4.69) is 57.2 Å². The largest absolute Gasteiger partial charge is 0.463 e. The van der Waals surface area contributed by atoms with Gasteiger partial charge < -0.3 is 19.7 Å². The Morgan fingerprint density at radius 1 is 0.634 bits per heavy atom. The summed E-state index contributed by atoms with van der Waals surface area (Å²) in [7, 11) is 0. The lowest BCUT2D eigenvalue weighted by molar-refractivity contribution is -0.152. The first-order valence-corrected chi connectivity index (χ1v) is 16.1. The first kappa shape index (κ1) is 38.8. The van der Waals surface area contributed by atoms with Crippen molar-refractivity contribution in [2.24, 2.45) is 5.92 Å². The van der Waals surface area contributed by atoms with Gasteiger partial charge in [-0.15, -0.1) is 0 Å². The van der Waals surface area contributed by atoms with Gasteiger partial charge in [0, 0.05) is 12.8 Å². The van der Waals surface area contributed by atoms with Crippen molar-refractivity contribution < 1.29 is 29.3 Å². The minimum atomic E-state index is -0.995. The number of hydrogen-bond acceptors (Lipinski definition) is 6. The van der Waals surface area contributed by atoms with E-state index < -0.39 is 6.10 Å². The van der Waals surface area contributed by atoms with Gasteiger partial charge in [-0.2, -0.15) is 0 Å². The van der Waals surface area contributed by atoms with E-state index in [0.717, 1.165) is 70.1 Å². The molecule has 236 valence electrons. The van der Waals surface area contributed by atoms with Gasteiger partial charge in [0.15, 0.2) is 0 Å². The molecule has 2 N–H and O–H groups in total. The summed E-state index contributed by atoms with van der Waals surface area (Å²) in [5, 5.41) is 19.7. The molecule has 0 amide bonds. The molecule has 0 aliphatic rings. The van der Waals surface area contributed by atoms with Crippen molar-refractivity contribution in [3.05, 3.63) is 48.6 Å². The molecule has 0 heterocycles. The zero-order valence-electron chi connectivity index (χ0n) is 26.3. The fraction of sp³-hybridized carbons (Fsp3) is 0.714. The fourth-order valence-electron chi connectivity index (χ4n) is 4.04. The van der Waals surface area contributed by atoms with E-state index in [1.807, 2.05) is 12.2 Å². The summed E-state index contributed by atoms with van der Waals surface area (Å²) in [5.74, 6) is 0.107. The normalized spacial score (nSPS) is 13.7. The van der Waals surface area contributed by atoms with Crippen molar-refractivity contribution in [1.29, 1.82) is 0 Å². The van der Waals surface area contributed by atoms with Gasteiger partial charge in [0.1, 0.15) is 19.3 Å². The summed E-state index contributed by atoms with van der Waals surface area (Å²) in [4.78, 5) is 23.7. The number of aliphatic hydroxyl groups excluding tert-OH is 2. The van der Waals surface area contributed by atoms with E-state index in [0.29, 0.717) is 19.3 Å². The van der Waals surface area contributed by atoms with Crippen molar-refractivity contribution in [3.63, 3.8) is 0 Å². The topological polar surface area (TPSA) is 93.1 Å². The highest BCUT2D eigenvalue weighted by Crippen LogP contribution is 2.12. The van der Waals surface area contributed by atoms with Crippen LogP contribution in [0.1, 0.15) is 130 Å². The van der Waals surface area contributed by atoms with Crippen molar-refractivity contribution in [3.8, 4) is 0 Å². The van der Waals surface area contributed by atoms with Crippen LogP contribution in [0.25, 0.3) is 0 Å². The maximum Gasteiger partial charge on any atom is 0.305 e. The number of carbonyl (C=O) groups is 2. The molecule has 2 atom stereocenters. The van der Waals surface area contributed by atoms with Crippen LogP contribution in [0.5, 0.6) is 0 Å². The van der Waals surface area contributed by atoms with Crippen LogP contribution in [0.3, 0.4) is 0 Å². The second-order valence-electron chi connectivity index (χ2n) is 11.2. The third kappa shape index (κ3) is 30.6. The van der Waals surface area contributed by atoms with Crippen molar-refractivity contribution in [1.82, 2.24) is 0 Å². The summed E-state index contributed by atoms with van der Waals surface area (Å²) >= 11 is 0. The molecule has 0 saturated heterocycles. The summed E-state index contributed by atoms with van der Waals surface area (Å²) in [5.41, 5.74) is 0. The van der Waals surface area contributed by atoms with Crippen LogP contribution < -0.4 is 0 Å². The average molecular weight is 577 g/mol. The third-order valence-electron chi connectivity index (χ3n) is 6.57. The van der Waals surface area contributed by atoms with E-state index in [9.17, 15) is 19.8 Å². The summed E-state index contributed by atoms with van der Waals surface area (Å²) in [6.45, 7) is 6.32. The lowest BCUT2D eigenvalue weighted by Gasteiger charge is -2.12. The maximum absolute atomic E-state index is 11.9. The molecule has 0 saturated carbocycles. The van der Waals surface area contributed by atoms with E-state index in [4.69, 9.17) is 9.47 Å². The molecule has 41 heavy (non-hydrogen) atoms. The molecule has 0 aliphatic carbocycles. The quantitative estimate of drug-likeness (QED) is 0.0580. The Morgan fingerprint density at radius 3 is 1.73 bits per heavy atom. The smallest absolute Gasteiger partial charge is 0.305 e. The number of aliphatic hydroxyl groups is 2.